The van der Waals surface area contributed by atoms with Crippen LogP contribution in [0.1, 0.15) is 0 Å². The second-order valence-corrected chi connectivity index (χ2v) is 12.7. The molecule has 0 amide bonds. The van der Waals surface area contributed by atoms with Gasteiger partial charge in [-0.3, -0.25) is 0 Å². The second-order valence-electron chi connectivity index (χ2n) is 8.30. The van der Waals surface area contributed by atoms with E-state index in [-0.39, 0.29) is 53.0 Å². The molecule has 0 heterocycles. The number of halogens is 1. The number of rotatable bonds is 6. The van der Waals surface area contributed by atoms with Gasteiger partial charge in [0.1, 0.15) is 0 Å². The molecule has 10 radical (unpaired) electrons. The maximum absolute atomic E-state index is 2.23. The fourth-order valence-electron chi connectivity index (χ4n) is 4.23. The van der Waals surface area contributed by atoms with Crippen molar-refractivity contribution in [1.29, 1.82) is 0 Å². The summed E-state index contributed by atoms with van der Waals surface area (Å²) >= 11 is 0. The summed E-state index contributed by atoms with van der Waals surface area (Å²) in [6, 6.07) is 43.1. The van der Waals surface area contributed by atoms with Gasteiger partial charge in [-0.15, -0.1) is 0 Å². The number of benzene rings is 4. The average Bonchev–Trinajstić information content (AvgIpc) is 3.68. The van der Waals surface area contributed by atoms with Crippen LogP contribution in [-0.2, 0) is 36.0 Å². The van der Waals surface area contributed by atoms with Crippen LogP contribution in [0, 0.1) is 62.7 Å². The third-order valence-corrected chi connectivity index (χ3v) is 10.8. The van der Waals surface area contributed by atoms with Crippen LogP contribution in [0.5, 0.6) is 0 Å². The fourth-order valence-corrected chi connectivity index (χ4v) is 8.84. The number of hydrogen-bond donors (Lipinski definition) is 0. The maximum Gasteiger partial charge on any atom is 2.00 e. The standard InChI is InChI=1S/2C17H14P.BrH.Ni.Ru/c2*1-3-9-15(10-4-1)18(17-13-7-8-14-17)16-11-5-2-6-12-16;;;/h2*1-14H;1H;;/q;;;2*+2/p-1. The second kappa shape index (κ2) is 18.7. The Kier molecular flexibility index (Phi) is 16.6. The van der Waals surface area contributed by atoms with Gasteiger partial charge < -0.3 is 17.0 Å². The minimum atomic E-state index is -0.409. The Bertz CT molecular complexity index is 979. The van der Waals surface area contributed by atoms with Gasteiger partial charge in [0, 0.05) is 11.3 Å². The summed E-state index contributed by atoms with van der Waals surface area (Å²) in [6.45, 7) is 0. The molecular weight excluding hydrogens is 710 g/mol. The summed E-state index contributed by atoms with van der Waals surface area (Å²) in [6.07, 6.45) is 17.4. The fraction of sp³-hybridized carbons (Fsp3) is 0. The van der Waals surface area contributed by atoms with Gasteiger partial charge >= 0.3 is 36.0 Å². The molecule has 0 bridgehead atoms. The van der Waals surface area contributed by atoms with Crippen molar-refractivity contribution in [1.82, 2.24) is 0 Å². The zero-order valence-electron chi connectivity index (χ0n) is 21.1. The summed E-state index contributed by atoms with van der Waals surface area (Å²) in [5.74, 6) is 0. The van der Waals surface area contributed by atoms with Crippen molar-refractivity contribution in [3.63, 3.8) is 0 Å². The van der Waals surface area contributed by atoms with E-state index in [0.717, 1.165) is 0 Å². The molecule has 2 aliphatic carbocycles. The first-order valence-electron chi connectivity index (χ1n) is 12.1. The van der Waals surface area contributed by atoms with Gasteiger partial charge in [-0.05, 0) is 88.4 Å². The molecule has 196 valence electrons. The Morgan fingerprint density at radius 3 is 0.744 bits per heavy atom. The van der Waals surface area contributed by atoms with Gasteiger partial charge in [-0.25, -0.2) is 0 Å². The van der Waals surface area contributed by atoms with Crippen molar-refractivity contribution < 1.29 is 53.0 Å². The molecule has 4 aromatic carbocycles. The molecule has 4 aromatic rings. The smallest absolute Gasteiger partial charge is 1.00 e. The van der Waals surface area contributed by atoms with Crippen molar-refractivity contribution in [2.45, 2.75) is 0 Å². The SMILES string of the molecule is [Br-].[CH]1[CH][CH][C](P(c2ccccc2)c2ccccc2)[CH]1.[CH]1[CH][CH][C](P(c2ccccc2)c2ccccc2)[CH]1.[Ni+2].[Ru+2]. The molecule has 39 heavy (non-hydrogen) atoms. The summed E-state index contributed by atoms with van der Waals surface area (Å²) in [5, 5.41) is 5.63. The molecule has 0 spiro atoms. The van der Waals surface area contributed by atoms with Crippen LogP contribution in [0.3, 0.4) is 0 Å². The minimum Gasteiger partial charge on any atom is -1.00 e. The molecule has 0 atom stereocenters. The summed E-state index contributed by atoms with van der Waals surface area (Å²) in [7, 11) is -0.818. The van der Waals surface area contributed by atoms with Crippen molar-refractivity contribution in [2.75, 3.05) is 0 Å². The maximum atomic E-state index is 2.23. The molecule has 0 aliphatic heterocycles. The van der Waals surface area contributed by atoms with Gasteiger partial charge in [-0.2, -0.15) is 0 Å². The zero-order chi connectivity index (χ0) is 24.4. The average molecular weight is 738 g/mol. The molecule has 2 aliphatic rings. The van der Waals surface area contributed by atoms with E-state index in [2.05, 4.69) is 173 Å². The Morgan fingerprint density at radius 2 is 0.538 bits per heavy atom. The molecule has 2 fully saturated rings. The van der Waals surface area contributed by atoms with Crippen LogP contribution in [0.2, 0.25) is 0 Å². The monoisotopic (exact) mass is 737 g/mol. The molecule has 0 N–H and O–H groups in total. The molecule has 0 aromatic heterocycles. The normalized spacial score (nSPS) is 15.0. The van der Waals surface area contributed by atoms with Gasteiger partial charge in [0.25, 0.3) is 0 Å². The number of hydrogen-bond acceptors (Lipinski definition) is 0. The molecular formula is C34H28BrNiP2Ru+3. The predicted molar refractivity (Wildman–Crippen MR) is 159 cm³/mol. The first-order chi connectivity index (χ1) is 17.9. The minimum absolute atomic E-state index is 0. The molecule has 2 saturated carbocycles. The van der Waals surface area contributed by atoms with Gasteiger partial charge in [-0.1, -0.05) is 121 Å². The zero-order valence-corrected chi connectivity index (χ0v) is 27.2. The van der Waals surface area contributed by atoms with Crippen molar-refractivity contribution in [3.8, 4) is 0 Å². The van der Waals surface area contributed by atoms with E-state index in [4.69, 9.17) is 0 Å². The van der Waals surface area contributed by atoms with Crippen LogP contribution in [0.15, 0.2) is 121 Å². The van der Waals surface area contributed by atoms with Crippen molar-refractivity contribution in [2.24, 2.45) is 0 Å². The van der Waals surface area contributed by atoms with Crippen molar-refractivity contribution in [3.05, 3.63) is 184 Å². The summed E-state index contributed by atoms with van der Waals surface area (Å²) in [4.78, 5) is 0. The largest absolute Gasteiger partial charge is 2.00 e. The molecule has 0 saturated heterocycles. The Balaban J connectivity index is 0.000000254. The Morgan fingerprint density at radius 1 is 0.333 bits per heavy atom. The van der Waals surface area contributed by atoms with Crippen LogP contribution in [0.4, 0.5) is 0 Å². The molecule has 6 rings (SSSR count). The Labute approximate surface area is 272 Å². The van der Waals surface area contributed by atoms with E-state index in [1.54, 1.807) is 0 Å². The van der Waals surface area contributed by atoms with E-state index in [1.807, 2.05) is 0 Å². The first-order valence-corrected chi connectivity index (χ1v) is 14.8. The van der Waals surface area contributed by atoms with E-state index in [0.29, 0.717) is 0 Å². The topological polar surface area (TPSA) is 0 Å². The van der Waals surface area contributed by atoms with Crippen LogP contribution in [-0.4, -0.2) is 0 Å². The van der Waals surface area contributed by atoms with Crippen LogP contribution in [0.25, 0.3) is 0 Å². The van der Waals surface area contributed by atoms with E-state index in [9.17, 15) is 0 Å². The third kappa shape index (κ3) is 9.70. The molecule has 0 unspecified atom stereocenters. The van der Waals surface area contributed by atoms with Gasteiger partial charge in [0.05, 0.1) is 0 Å². The quantitative estimate of drug-likeness (QED) is 0.208. The molecule has 5 heteroatoms. The molecule has 0 nitrogen and oxygen atoms in total. The summed E-state index contributed by atoms with van der Waals surface area (Å²) in [5.41, 5.74) is 2.84. The first kappa shape index (κ1) is 34.5. The van der Waals surface area contributed by atoms with E-state index < -0.39 is 15.8 Å². The predicted octanol–water partition coefficient (Wildman–Crippen LogP) is 3.96. The van der Waals surface area contributed by atoms with Gasteiger partial charge in [0.2, 0.25) is 0 Å². The Hall–Kier alpha value is -0.663. The van der Waals surface area contributed by atoms with Gasteiger partial charge in [0.15, 0.2) is 0 Å². The van der Waals surface area contributed by atoms with Crippen LogP contribution < -0.4 is 38.2 Å². The third-order valence-electron chi connectivity index (χ3n) is 5.86. The summed E-state index contributed by atoms with van der Waals surface area (Å²) < 4.78 is 0. The van der Waals surface area contributed by atoms with E-state index >= 15 is 0 Å². The van der Waals surface area contributed by atoms with Crippen molar-refractivity contribution >= 4 is 37.1 Å². The van der Waals surface area contributed by atoms with E-state index in [1.165, 1.54) is 32.5 Å². The van der Waals surface area contributed by atoms with Crippen LogP contribution >= 0.6 is 15.8 Å².